The molecule has 6 nitrogen and oxygen atoms in total. The number of methoxy groups -OCH3 is 1. The Morgan fingerprint density at radius 1 is 0.969 bits per heavy atom. The second kappa shape index (κ2) is 9.92. The van der Waals surface area contributed by atoms with Gasteiger partial charge in [0, 0.05) is 18.5 Å². The summed E-state index contributed by atoms with van der Waals surface area (Å²) in [6, 6.07) is 24.6. The number of aryl methyl sites for hydroxylation is 1. The van der Waals surface area contributed by atoms with Crippen LogP contribution in [0.25, 0.3) is 10.9 Å². The summed E-state index contributed by atoms with van der Waals surface area (Å²) in [5.41, 5.74) is 2.39. The lowest BCUT2D eigenvalue weighted by Crippen LogP contribution is -2.30. The lowest BCUT2D eigenvalue weighted by molar-refractivity contribution is -0.118. The zero-order valence-corrected chi connectivity index (χ0v) is 18.0. The summed E-state index contributed by atoms with van der Waals surface area (Å²) in [4.78, 5) is 34.6. The summed E-state index contributed by atoms with van der Waals surface area (Å²) in [7, 11) is 1.62. The number of hydrogen-bond donors (Lipinski definition) is 1. The van der Waals surface area contributed by atoms with E-state index in [-0.39, 0.29) is 11.5 Å². The van der Waals surface area contributed by atoms with Gasteiger partial charge in [-0.2, -0.15) is 0 Å². The third-order valence-electron chi connectivity index (χ3n) is 5.33. The van der Waals surface area contributed by atoms with Crippen molar-refractivity contribution in [3.8, 4) is 5.75 Å². The fourth-order valence-corrected chi connectivity index (χ4v) is 3.65. The monoisotopic (exact) mass is 427 g/mol. The van der Waals surface area contributed by atoms with Crippen LogP contribution in [0.3, 0.4) is 0 Å². The van der Waals surface area contributed by atoms with Gasteiger partial charge in [-0.25, -0.2) is 4.98 Å². The number of rotatable bonds is 8. The van der Waals surface area contributed by atoms with Gasteiger partial charge in [0.2, 0.25) is 5.91 Å². The number of para-hydroxylation sites is 1. The molecule has 3 aromatic carbocycles. The number of aromatic amines is 1. The van der Waals surface area contributed by atoms with Gasteiger partial charge in [-0.1, -0.05) is 42.5 Å². The van der Waals surface area contributed by atoms with Crippen LogP contribution < -0.4 is 15.2 Å². The van der Waals surface area contributed by atoms with Crippen LogP contribution in [0.1, 0.15) is 24.2 Å². The highest BCUT2D eigenvalue weighted by Crippen LogP contribution is 2.22. The first-order valence-corrected chi connectivity index (χ1v) is 10.6. The molecule has 0 radical (unpaired) electrons. The fourth-order valence-electron chi connectivity index (χ4n) is 3.65. The van der Waals surface area contributed by atoms with E-state index in [0.29, 0.717) is 42.5 Å². The quantitative estimate of drug-likeness (QED) is 0.450. The van der Waals surface area contributed by atoms with Crippen molar-refractivity contribution < 1.29 is 9.53 Å². The topological polar surface area (TPSA) is 75.3 Å². The largest absolute Gasteiger partial charge is 0.497 e. The smallest absolute Gasteiger partial charge is 0.258 e. The Kier molecular flexibility index (Phi) is 6.60. The zero-order chi connectivity index (χ0) is 22.3. The second-order valence-corrected chi connectivity index (χ2v) is 7.55. The van der Waals surface area contributed by atoms with Crippen LogP contribution in [0.15, 0.2) is 83.7 Å². The van der Waals surface area contributed by atoms with E-state index < -0.39 is 0 Å². The standard InChI is InChI=1S/C26H25N3O3/c1-32-21-16-14-20(15-17-21)29(18-19-8-3-2-4-9-19)25(30)13-7-12-24-27-23-11-6-5-10-22(23)26(31)28-24/h2-6,8-11,14-17H,7,12-13,18H2,1H3,(H,27,28,31). The number of aromatic nitrogens is 2. The minimum atomic E-state index is -0.152. The predicted molar refractivity (Wildman–Crippen MR) is 126 cm³/mol. The number of carbonyl (C=O) groups is 1. The molecule has 0 aliphatic heterocycles. The first-order valence-electron chi connectivity index (χ1n) is 10.6. The van der Waals surface area contributed by atoms with Gasteiger partial charge in [-0.15, -0.1) is 0 Å². The molecule has 1 amide bonds. The number of nitrogens with one attached hydrogen (secondary N) is 1. The molecule has 32 heavy (non-hydrogen) atoms. The first kappa shape index (κ1) is 21.3. The van der Waals surface area contributed by atoms with Crippen LogP contribution in [0.2, 0.25) is 0 Å². The Labute approximate surface area is 186 Å². The third-order valence-corrected chi connectivity index (χ3v) is 5.33. The summed E-state index contributed by atoms with van der Waals surface area (Å²) >= 11 is 0. The van der Waals surface area contributed by atoms with Crippen LogP contribution in [0, 0.1) is 0 Å². The molecule has 0 spiro atoms. The van der Waals surface area contributed by atoms with Gasteiger partial charge in [0.05, 0.1) is 24.6 Å². The van der Waals surface area contributed by atoms with Gasteiger partial charge >= 0.3 is 0 Å². The van der Waals surface area contributed by atoms with Crippen LogP contribution in [0.5, 0.6) is 5.75 Å². The van der Waals surface area contributed by atoms with Gasteiger partial charge in [0.1, 0.15) is 11.6 Å². The molecule has 0 unspecified atom stereocenters. The minimum absolute atomic E-state index is 0.0159. The lowest BCUT2D eigenvalue weighted by Gasteiger charge is -2.23. The number of anilines is 1. The van der Waals surface area contributed by atoms with Crippen molar-refractivity contribution in [3.63, 3.8) is 0 Å². The van der Waals surface area contributed by atoms with Gasteiger partial charge in [-0.05, 0) is 48.4 Å². The molecule has 0 fully saturated rings. The highest BCUT2D eigenvalue weighted by atomic mass is 16.5. The molecule has 0 atom stereocenters. The minimum Gasteiger partial charge on any atom is -0.497 e. The zero-order valence-electron chi connectivity index (χ0n) is 18.0. The van der Waals surface area contributed by atoms with E-state index in [9.17, 15) is 9.59 Å². The Bertz CT molecular complexity index is 1250. The van der Waals surface area contributed by atoms with E-state index in [2.05, 4.69) is 9.97 Å². The molecular formula is C26H25N3O3. The van der Waals surface area contributed by atoms with E-state index in [1.54, 1.807) is 18.1 Å². The Morgan fingerprint density at radius 2 is 1.69 bits per heavy atom. The molecule has 1 heterocycles. The molecule has 162 valence electrons. The van der Waals surface area contributed by atoms with Crippen molar-refractivity contribution in [1.82, 2.24) is 9.97 Å². The predicted octanol–water partition coefficient (Wildman–Crippen LogP) is 4.49. The van der Waals surface area contributed by atoms with Gasteiger partial charge < -0.3 is 14.6 Å². The maximum Gasteiger partial charge on any atom is 0.258 e. The number of carbonyl (C=O) groups excluding carboxylic acids is 1. The van der Waals surface area contributed by atoms with Crippen molar-refractivity contribution in [2.45, 2.75) is 25.8 Å². The number of nitrogens with zero attached hydrogens (tertiary/aromatic N) is 2. The SMILES string of the molecule is COc1ccc(N(Cc2ccccc2)C(=O)CCCc2nc3ccccc3c(=O)[nH]2)cc1. The summed E-state index contributed by atoms with van der Waals surface area (Å²) in [5, 5.41) is 0.570. The summed E-state index contributed by atoms with van der Waals surface area (Å²) in [6.45, 7) is 0.483. The molecule has 4 rings (SSSR count). The number of ether oxygens (including phenoxy) is 1. The maximum atomic E-state index is 13.2. The molecule has 0 aliphatic rings. The number of amides is 1. The van der Waals surface area contributed by atoms with E-state index >= 15 is 0 Å². The maximum absolute atomic E-state index is 13.2. The summed E-state index contributed by atoms with van der Waals surface area (Å²) in [6.07, 6.45) is 1.45. The van der Waals surface area contributed by atoms with Crippen molar-refractivity contribution in [3.05, 3.63) is 101 Å². The number of hydrogen-bond acceptors (Lipinski definition) is 4. The molecular weight excluding hydrogens is 402 g/mol. The Hall–Kier alpha value is -3.93. The average Bonchev–Trinajstić information content (AvgIpc) is 2.83. The Morgan fingerprint density at radius 3 is 2.44 bits per heavy atom. The van der Waals surface area contributed by atoms with Crippen LogP contribution >= 0.6 is 0 Å². The lowest BCUT2D eigenvalue weighted by atomic mass is 10.1. The summed E-state index contributed by atoms with van der Waals surface area (Å²) < 4.78 is 5.24. The van der Waals surface area contributed by atoms with Crippen LogP contribution in [0.4, 0.5) is 5.69 Å². The Balaban J connectivity index is 1.47. The van der Waals surface area contributed by atoms with Crippen molar-refractivity contribution in [1.29, 1.82) is 0 Å². The van der Waals surface area contributed by atoms with Crippen molar-refractivity contribution >= 4 is 22.5 Å². The molecule has 0 aliphatic carbocycles. The fraction of sp³-hybridized carbons (Fsp3) is 0.192. The summed E-state index contributed by atoms with van der Waals surface area (Å²) in [5.74, 6) is 1.36. The normalized spacial score (nSPS) is 10.8. The molecule has 0 saturated heterocycles. The highest BCUT2D eigenvalue weighted by Gasteiger charge is 2.16. The van der Waals surface area contributed by atoms with Gasteiger partial charge in [0.25, 0.3) is 5.56 Å². The average molecular weight is 428 g/mol. The number of H-pyrrole nitrogens is 1. The van der Waals surface area contributed by atoms with E-state index in [1.165, 1.54) is 0 Å². The molecule has 0 saturated carbocycles. The second-order valence-electron chi connectivity index (χ2n) is 7.55. The van der Waals surface area contributed by atoms with Gasteiger partial charge in [-0.3, -0.25) is 9.59 Å². The number of fused-ring (bicyclic) bond motifs is 1. The highest BCUT2D eigenvalue weighted by molar-refractivity contribution is 5.93. The van der Waals surface area contributed by atoms with E-state index in [1.807, 2.05) is 72.8 Å². The van der Waals surface area contributed by atoms with E-state index in [4.69, 9.17) is 4.74 Å². The van der Waals surface area contributed by atoms with E-state index in [0.717, 1.165) is 17.0 Å². The van der Waals surface area contributed by atoms with Crippen LogP contribution in [-0.2, 0) is 17.8 Å². The molecule has 1 N–H and O–H groups in total. The first-order chi connectivity index (χ1) is 15.6. The van der Waals surface area contributed by atoms with Crippen molar-refractivity contribution in [2.24, 2.45) is 0 Å². The molecule has 4 aromatic rings. The number of benzene rings is 3. The van der Waals surface area contributed by atoms with Crippen molar-refractivity contribution in [2.75, 3.05) is 12.0 Å². The van der Waals surface area contributed by atoms with Gasteiger partial charge in [0.15, 0.2) is 0 Å². The molecule has 1 aromatic heterocycles. The molecule has 6 heteroatoms. The third kappa shape index (κ3) is 5.03. The van der Waals surface area contributed by atoms with Crippen LogP contribution in [-0.4, -0.2) is 23.0 Å². The molecule has 0 bridgehead atoms.